The normalized spacial score (nSPS) is 10.2. The van der Waals surface area contributed by atoms with Crippen LogP contribution >= 0.6 is 11.6 Å². The Morgan fingerprint density at radius 2 is 1.88 bits per heavy atom. The van der Waals surface area contributed by atoms with Gasteiger partial charge in [0.25, 0.3) is 5.91 Å². The molecule has 2 amide bonds. The molecule has 0 atom stereocenters. The molecular formula is C19H22ClN3O3. The summed E-state index contributed by atoms with van der Waals surface area (Å²) in [5, 5.41) is 9.07. The van der Waals surface area contributed by atoms with Gasteiger partial charge in [0.05, 0.1) is 19.3 Å². The molecule has 0 saturated carbocycles. The summed E-state index contributed by atoms with van der Waals surface area (Å²) in [5.41, 5.74) is 2.70. The molecule has 138 valence electrons. The Labute approximate surface area is 157 Å². The number of nitrogens with one attached hydrogen (secondary N) is 3. The predicted molar refractivity (Wildman–Crippen MR) is 104 cm³/mol. The van der Waals surface area contributed by atoms with E-state index in [-0.39, 0.29) is 18.4 Å². The minimum absolute atomic E-state index is 0.0371. The Morgan fingerprint density at radius 3 is 2.58 bits per heavy atom. The molecule has 0 spiro atoms. The molecule has 7 heteroatoms. The van der Waals surface area contributed by atoms with Crippen LogP contribution in [0.5, 0.6) is 5.75 Å². The van der Waals surface area contributed by atoms with Crippen LogP contribution in [0.4, 0.5) is 11.4 Å². The van der Waals surface area contributed by atoms with Gasteiger partial charge in [0.15, 0.2) is 0 Å². The van der Waals surface area contributed by atoms with Crippen molar-refractivity contribution in [3.05, 3.63) is 52.5 Å². The number of carbonyl (C=O) groups excluding carboxylic acids is 2. The van der Waals surface area contributed by atoms with Crippen molar-refractivity contribution in [2.24, 2.45) is 0 Å². The highest BCUT2D eigenvalue weighted by atomic mass is 35.5. The van der Waals surface area contributed by atoms with E-state index >= 15 is 0 Å². The zero-order valence-corrected chi connectivity index (χ0v) is 15.7. The molecule has 6 nitrogen and oxygen atoms in total. The first-order valence-corrected chi connectivity index (χ1v) is 8.58. The number of methoxy groups -OCH3 is 1. The van der Waals surface area contributed by atoms with E-state index in [0.717, 1.165) is 11.3 Å². The third-order valence-electron chi connectivity index (χ3n) is 3.71. The quantitative estimate of drug-likeness (QED) is 0.692. The van der Waals surface area contributed by atoms with Crippen molar-refractivity contribution in [1.82, 2.24) is 5.32 Å². The molecule has 2 rings (SSSR count). The van der Waals surface area contributed by atoms with E-state index in [4.69, 9.17) is 16.3 Å². The van der Waals surface area contributed by atoms with E-state index in [9.17, 15) is 9.59 Å². The van der Waals surface area contributed by atoms with Crippen LogP contribution in [0.3, 0.4) is 0 Å². The molecule has 26 heavy (non-hydrogen) atoms. The highest BCUT2D eigenvalue weighted by Gasteiger charge is 2.11. The van der Waals surface area contributed by atoms with E-state index in [1.165, 1.54) is 7.11 Å². The Hall–Kier alpha value is -2.73. The molecule has 0 heterocycles. The molecule has 0 unspecified atom stereocenters. The lowest BCUT2D eigenvalue weighted by Crippen LogP contribution is -2.24. The predicted octanol–water partition coefficient (Wildman–Crippen LogP) is 3.46. The van der Waals surface area contributed by atoms with Gasteiger partial charge in [0.1, 0.15) is 5.75 Å². The number of hydrogen-bond donors (Lipinski definition) is 3. The van der Waals surface area contributed by atoms with Crippen molar-refractivity contribution in [2.45, 2.75) is 13.8 Å². The van der Waals surface area contributed by atoms with Crippen LogP contribution in [0.1, 0.15) is 22.8 Å². The number of aryl methyl sites for hydroxylation is 1. The molecule has 0 aliphatic carbocycles. The number of ether oxygens (including phenoxy) is 1. The van der Waals surface area contributed by atoms with Crippen LogP contribution < -0.4 is 20.7 Å². The van der Waals surface area contributed by atoms with Gasteiger partial charge in [-0.15, -0.1) is 0 Å². The molecule has 2 aromatic carbocycles. The van der Waals surface area contributed by atoms with Crippen molar-refractivity contribution < 1.29 is 14.3 Å². The lowest BCUT2D eigenvalue weighted by atomic mass is 10.1. The second-order valence-corrected chi connectivity index (χ2v) is 6.07. The molecule has 0 radical (unpaired) electrons. The maximum atomic E-state index is 12.2. The topological polar surface area (TPSA) is 79.5 Å². The van der Waals surface area contributed by atoms with Crippen LogP contribution in [-0.2, 0) is 4.79 Å². The highest BCUT2D eigenvalue weighted by molar-refractivity contribution is 6.31. The van der Waals surface area contributed by atoms with Crippen LogP contribution in [0.2, 0.25) is 5.02 Å². The molecule has 0 fully saturated rings. The zero-order chi connectivity index (χ0) is 19.1. The van der Waals surface area contributed by atoms with Crippen molar-refractivity contribution in [3.8, 4) is 5.75 Å². The smallest absolute Gasteiger partial charge is 0.251 e. The van der Waals surface area contributed by atoms with Crippen LogP contribution in [0.15, 0.2) is 36.4 Å². The number of halogens is 1. The second-order valence-electron chi connectivity index (χ2n) is 5.64. The SMILES string of the molecule is CCNC(=O)c1ccc(C)c(NCC(=O)Nc2cc(Cl)ccc2OC)c1. The Bertz CT molecular complexity index is 809. The van der Waals surface area contributed by atoms with Crippen molar-refractivity contribution in [2.75, 3.05) is 30.8 Å². The lowest BCUT2D eigenvalue weighted by Gasteiger charge is -2.13. The van der Waals surface area contributed by atoms with Gasteiger partial charge in [-0.1, -0.05) is 17.7 Å². The fourth-order valence-corrected chi connectivity index (χ4v) is 2.54. The van der Waals surface area contributed by atoms with Gasteiger partial charge in [-0.05, 0) is 49.7 Å². The highest BCUT2D eigenvalue weighted by Crippen LogP contribution is 2.27. The number of anilines is 2. The van der Waals surface area contributed by atoms with Gasteiger partial charge in [-0.2, -0.15) is 0 Å². The maximum absolute atomic E-state index is 12.2. The first-order chi connectivity index (χ1) is 12.4. The summed E-state index contributed by atoms with van der Waals surface area (Å²) in [4.78, 5) is 24.2. The summed E-state index contributed by atoms with van der Waals surface area (Å²) in [6.45, 7) is 4.36. The number of rotatable bonds is 7. The van der Waals surface area contributed by atoms with Gasteiger partial charge in [-0.3, -0.25) is 9.59 Å². The van der Waals surface area contributed by atoms with E-state index < -0.39 is 0 Å². The average molecular weight is 376 g/mol. The minimum Gasteiger partial charge on any atom is -0.495 e. The zero-order valence-electron chi connectivity index (χ0n) is 15.0. The third kappa shape index (κ3) is 5.13. The maximum Gasteiger partial charge on any atom is 0.251 e. The summed E-state index contributed by atoms with van der Waals surface area (Å²) >= 11 is 5.96. The number of amides is 2. The molecule has 3 N–H and O–H groups in total. The average Bonchev–Trinajstić information content (AvgIpc) is 2.61. The van der Waals surface area contributed by atoms with Gasteiger partial charge in [0, 0.05) is 22.8 Å². The van der Waals surface area contributed by atoms with E-state index in [0.29, 0.717) is 28.6 Å². The molecule has 0 aliphatic rings. The van der Waals surface area contributed by atoms with E-state index in [1.54, 1.807) is 30.3 Å². The first kappa shape index (κ1) is 19.6. The molecule has 0 aromatic heterocycles. The van der Waals surface area contributed by atoms with Gasteiger partial charge in [0.2, 0.25) is 5.91 Å². The molecule has 0 bridgehead atoms. The van der Waals surface area contributed by atoms with E-state index in [1.807, 2.05) is 19.9 Å². The lowest BCUT2D eigenvalue weighted by molar-refractivity contribution is -0.114. The number of carbonyl (C=O) groups is 2. The summed E-state index contributed by atoms with van der Waals surface area (Å²) < 4.78 is 5.21. The summed E-state index contributed by atoms with van der Waals surface area (Å²) in [6, 6.07) is 10.3. The molecule has 0 aliphatic heterocycles. The fourth-order valence-electron chi connectivity index (χ4n) is 2.36. The van der Waals surface area contributed by atoms with E-state index in [2.05, 4.69) is 16.0 Å². The van der Waals surface area contributed by atoms with Crippen LogP contribution in [0.25, 0.3) is 0 Å². The fraction of sp³-hybridized carbons (Fsp3) is 0.263. The third-order valence-corrected chi connectivity index (χ3v) is 3.95. The van der Waals surface area contributed by atoms with Gasteiger partial charge >= 0.3 is 0 Å². The van der Waals surface area contributed by atoms with Crippen LogP contribution in [0, 0.1) is 6.92 Å². The summed E-state index contributed by atoms with van der Waals surface area (Å²) in [6.07, 6.45) is 0. The number of benzene rings is 2. The Kier molecular flexibility index (Phi) is 6.86. The van der Waals surface area contributed by atoms with Gasteiger partial charge < -0.3 is 20.7 Å². The second kappa shape index (κ2) is 9.10. The molecule has 0 saturated heterocycles. The number of hydrogen-bond acceptors (Lipinski definition) is 4. The minimum atomic E-state index is -0.256. The molecular weight excluding hydrogens is 354 g/mol. The Morgan fingerprint density at radius 1 is 1.12 bits per heavy atom. The van der Waals surface area contributed by atoms with Crippen LogP contribution in [-0.4, -0.2) is 32.0 Å². The first-order valence-electron chi connectivity index (χ1n) is 8.20. The van der Waals surface area contributed by atoms with Crippen molar-refractivity contribution in [3.63, 3.8) is 0 Å². The van der Waals surface area contributed by atoms with Gasteiger partial charge in [-0.25, -0.2) is 0 Å². The Balaban J connectivity index is 2.04. The molecule has 2 aromatic rings. The van der Waals surface area contributed by atoms with Crippen molar-refractivity contribution >= 4 is 34.8 Å². The largest absolute Gasteiger partial charge is 0.495 e. The van der Waals surface area contributed by atoms with Crippen molar-refractivity contribution in [1.29, 1.82) is 0 Å². The standard InChI is InChI=1S/C19H22ClN3O3/c1-4-21-19(25)13-6-5-12(2)15(9-13)22-11-18(24)23-16-10-14(20)7-8-17(16)26-3/h5-10,22H,4,11H2,1-3H3,(H,21,25)(H,23,24). The summed E-state index contributed by atoms with van der Waals surface area (Å²) in [7, 11) is 1.52. The monoisotopic (exact) mass is 375 g/mol. The summed E-state index contributed by atoms with van der Waals surface area (Å²) in [5.74, 6) is 0.120.